The molecule has 0 fully saturated rings. The fourth-order valence-electron chi connectivity index (χ4n) is 3.09. The quantitative estimate of drug-likeness (QED) is 0.381. The summed E-state index contributed by atoms with van der Waals surface area (Å²) >= 11 is 3.45. The molecule has 4 rings (SSSR count). The normalized spacial score (nSPS) is 11.0. The average molecular weight is 391 g/mol. The van der Waals surface area contributed by atoms with E-state index in [2.05, 4.69) is 15.9 Å². The molecule has 1 aromatic heterocycles. The van der Waals surface area contributed by atoms with Crippen molar-refractivity contribution in [3.63, 3.8) is 0 Å². The summed E-state index contributed by atoms with van der Waals surface area (Å²) in [7, 11) is 0. The number of aryl methyl sites for hydroxylation is 1. The third-order valence-corrected chi connectivity index (χ3v) is 4.79. The standard InChI is InChI=1S/C22H15BrO2/c1-14-7-12-18-19(13-14)25-22(24)21(16-8-10-17(23)11-9-16)20(18)15-5-3-2-4-6-15/h2-13H,1H3. The third-order valence-electron chi connectivity index (χ3n) is 4.26. The van der Waals surface area contributed by atoms with Crippen molar-refractivity contribution in [3.05, 3.63) is 93.3 Å². The van der Waals surface area contributed by atoms with Crippen molar-refractivity contribution < 1.29 is 4.42 Å². The maximum Gasteiger partial charge on any atom is 0.344 e. The Kier molecular flexibility index (Phi) is 4.02. The van der Waals surface area contributed by atoms with E-state index in [1.807, 2.05) is 79.7 Å². The Balaban J connectivity index is 2.15. The van der Waals surface area contributed by atoms with Gasteiger partial charge in [-0.15, -0.1) is 0 Å². The Morgan fingerprint density at radius 3 is 2.20 bits per heavy atom. The van der Waals surface area contributed by atoms with E-state index in [1.54, 1.807) is 0 Å². The smallest absolute Gasteiger partial charge is 0.344 e. The van der Waals surface area contributed by atoms with Gasteiger partial charge < -0.3 is 4.42 Å². The highest BCUT2D eigenvalue weighted by Gasteiger charge is 2.17. The minimum absolute atomic E-state index is 0.320. The maximum absolute atomic E-state index is 12.8. The molecule has 3 aromatic carbocycles. The molecule has 0 spiro atoms. The van der Waals surface area contributed by atoms with E-state index in [0.717, 1.165) is 32.1 Å². The van der Waals surface area contributed by atoms with Gasteiger partial charge in [0.25, 0.3) is 0 Å². The third kappa shape index (κ3) is 2.92. The summed E-state index contributed by atoms with van der Waals surface area (Å²) < 4.78 is 6.62. The summed E-state index contributed by atoms with van der Waals surface area (Å²) in [6.45, 7) is 1.99. The van der Waals surface area contributed by atoms with Crippen LogP contribution in [0.4, 0.5) is 0 Å². The number of rotatable bonds is 2. The molecule has 25 heavy (non-hydrogen) atoms. The summed E-state index contributed by atoms with van der Waals surface area (Å²) in [5.74, 6) is 0. The van der Waals surface area contributed by atoms with Crippen LogP contribution in [0.2, 0.25) is 0 Å². The van der Waals surface area contributed by atoms with Crippen LogP contribution in [0.1, 0.15) is 5.56 Å². The molecular formula is C22H15BrO2. The lowest BCUT2D eigenvalue weighted by Crippen LogP contribution is -2.06. The van der Waals surface area contributed by atoms with Crippen molar-refractivity contribution >= 4 is 26.9 Å². The molecule has 0 atom stereocenters. The van der Waals surface area contributed by atoms with Crippen molar-refractivity contribution in [1.82, 2.24) is 0 Å². The number of benzene rings is 3. The molecule has 1 heterocycles. The van der Waals surface area contributed by atoms with Crippen LogP contribution < -0.4 is 5.63 Å². The topological polar surface area (TPSA) is 30.2 Å². The molecule has 0 unspecified atom stereocenters. The Bertz CT molecular complexity index is 1110. The summed E-state index contributed by atoms with van der Waals surface area (Å²) in [5.41, 5.74) is 4.71. The molecule has 0 bridgehead atoms. The van der Waals surface area contributed by atoms with Gasteiger partial charge in [0.1, 0.15) is 5.58 Å². The van der Waals surface area contributed by atoms with Crippen LogP contribution in [0.25, 0.3) is 33.2 Å². The van der Waals surface area contributed by atoms with Crippen LogP contribution in [0.5, 0.6) is 0 Å². The second-order valence-electron chi connectivity index (χ2n) is 6.01. The molecule has 122 valence electrons. The van der Waals surface area contributed by atoms with Crippen molar-refractivity contribution in [2.45, 2.75) is 6.92 Å². The first-order valence-electron chi connectivity index (χ1n) is 8.02. The highest BCUT2D eigenvalue weighted by Crippen LogP contribution is 2.36. The summed E-state index contributed by atoms with van der Waals surface area (Å²) in [4.78, 5) is 12.8. The van der Waals surface area contributed by atoms with Crippen molar-refractivity contribution in [3.8, 4) is 22.3 Å². The van der Waals surface area contributed by atoms with Crippen LogP contribution in [0.15, 0.2) is 86.5 Å². The number of hydrogen-bond acceptors (Lipinski definition) is 2. The van der Waals surface area contributed by atoms with E-state index >= 15 is 0 Å². The van der Waals surface area contributed by atoms with Gasteiger partial charge in [0.05, 0.1) is 5.56 Å². The molecule has 2 nitrogen and oxygen atoms in total. The molecule has 3 heteroatoms. The zero-order valence-corrected chi connectivity index (χ0v) is 15.2. The van der Waals surface area contributed by atoms with Gasteiger partial charge in [-0.2, -0.15) is 0 Å². The van der Waals surface area contributed by atoms with Crippen molar-refractivity contribution in [2.75, 3.05) is 0 Å². The fourth-order valence-corrected chi connectivity index (χ4v) is 3.36. The van der Waals surface area contributed by atoms with E-state index in [9.17, 15) is 4.79 Å². The van der Waals surface area contributed by atoms with Crippen LogP contribution >= 0.6 is 15.9 Å². The van der Waals surface area contributed by atoms with Crippen LogP contribution in [0.3, 0.4) is 0 Å². The van der Waals surface area contributed by atoms with Crippen molar-refractivity contribution in [1.29, 1.82) is 0 Å². The van der Waals surface area contributed by atoms with Crippen LogP contribution in [-0.2, 0) is 0 Å². The monoisotopic (exact) mass is 390 g/mol. The predicted octanol–water partition coefficient (Wildman–Crippen LogP) is 6.20. The molecule has 4 aromatic rings. The van der Waals surface area contributed by atoms with Crippen LogP contribution in [-0.4, -0.2) is 0 Å². The van der Waals surface area contributed by atoms with Gasteiger partial charge in [0.15, 0.2) is 0 Å². The van der Waals surface area contributed by atoms with Gasteiger partial charge in [-0.3, -0.25) is 0 Å². The second kappa shape index (κ2) is 6.34. The summed E-state index contributed by atoms with van der Waals surface area (Å²) in [5, 5.41) is 0.939. The molecule has 0 N–H and O–H groups in total. The van der Waals surface area contributed by atoms with Gasteiger partial charge in [-0.05, 0) is 41.8 Å². The van der Waals surface area contributed by atoms with Gasteiger partial charge in [-0.25, -0.2) is 4.79 Å². The zero-order chi connectivity index (χ0) is 17.4. The first-order valence-corrected chi connectivity index (χ1v) is 8.81. The Morgan fingerprint density at radius 1 is 0.800 bits per heavy atom. The first-order chi connectivity index (χ1) is 12.1. The van der Waals surface area contributed by atoms with E-state index in [4.69, 9.17) is 4.42 Å². The number of fused-ring (bicyclic) bond motifs is 1. The summed E-state index contributed by atoms with van der Waals surface area (Å²) in [6.07, 6.45) is 0. The minimum Gasteiger partial charge on any atom is -0.422 e. The molecule has 0 aliphatic heterocycles. The largest absolute Gasteiger partial charge is 0.422 e. The lowest BCUT2D eigenvalue weighted by atomic mass is 9.93. The highest BCUT2D eigenvalue weighted by molar-refractivity contribution is 9.10. The fraction of sp³-hybridized carbons (Fsp3) is 0.0455. The Morgan fingerprint density at radius 2 is 1.48 bits per heavy atom. The minimum atomic E-state index is -0.320. The molecule has 0 amide bonds. The zero-order valence-electron chi connectivity index (χ0n) is 13.6. The Hall–Kier alpha value is -2.65. The van der Waals surface area contributed by atoms with Crippen LogP contribution in [0, 0.1) is 6.92 Å². The van der Waals surface area contributed by atoms with E-state index in [1.165, 1.54) is 0 Å². The molecule has 0 radical (unpaired) electrons. The lowest BCUT2D eigenvalue weighted by molar-refractivity contribution is 0.563. The van der Waals surface area contributed by atoms with Gasteiger partial charge in [0, 0.05) is 15.4 Å². The molecule has 0 saturated heterocycles. The maximum atomic E-state index is 12.8. The Labute approximate surface area is 153 Å². The van der Waals surface area contributed by atoms with Crippen molar-refractivity contribution in [2.24, 2.45) is 0 Å². The predicted molar refractivity (Wildman–Crippen MR) is 106 cm³/mol. The molecular weight excluding hydrogens is 376 g/mol. The lowest BCUT2D eigenvalue weighted by Gasteiger charge is -2.13. The van der Waals surface area contributed by atoms with E-state index < -0.39 is 0 Å². The number of halogens is 1. The molecule has 0 aliphatic carbocycles. The summed E-state index contributed by atoms with van der Waals surface area (Å²) in [6, 6.07) is 23.7. The van der Waals surface area contributed by atoms with E-state index in [-0.39, 0.29) is 5.63 Å². The van der Waals surface area contributed by atoms with E-state index in [0.29, 0.717) is 11.1 Å². The first kappa shape index (κ1) is 15.9. The average Bonchev–Trinajstić information content (AvgIpc) is 2.62. The number of hydrogen-bond donors (Lipinski definition) is 0. The molecule has 0 aliphatic rings. The van der Waals surface area contributed by atoms with Gasteiger partial charge in [0.2, 0.25) is 0 Å². The van der Waals surface area contributed by atoms with Gasteiger partial charge in [-0.1, -0.05) is 70.5 Å². The second-order valence-corrected chi connectivity index (χ2v) is 6.93. The SMILES string of the molecule is Cc1ccc2c(-c3ccccc3)c(-c3ccc(Br)cc3)c(=O)oc2c1. The van der Waals surface area contributed by atoms with Gasteiger partial charge >= 0.3 is 5.63 Å². The molecule has 0 saturated carbocycles. The highest BCUT2D eigenvalue weighted by atomic mass is 79.9.